The fourth-order valence-corrected chi connectivity index (χ4v) is 3.14. The highest BCUT2D eigenvalue weighted by Crippen LogP contribution is 2.21. The minimum absolute atomic E-state index is 0.0731. The third kappa shape index (κ3) is 4.89. The van der Waals surface area contributed by atoms with Crippen molar-refractivity contribution in [1.29, 1.82) is 0 Å². The number of nitrogens with zero attached hydrogens (tertiary/aromatic N) is 3. The number of carbonyl (C=O) groups is 1. The Morgan fingerprint density at radius 3 is 2.69 bits per heavy atom. The molecule has 0 bridgehead atoms. The van der Waals surface area contributed by atoms with Crippen molar-refractivity contribution < 1.29 is 14.1 Å². The van der Waals surface area contributed by atoms with Crippen LogP contribution in [0.4, 0.5) is 0 Å². The smallest absolute Gasteiger partial charge is 0.289 e. The van der Waals surface area contributed by atoms with Crippen molar-refractivity contribution in [3.05, 3.63) is 47.6 Å². The van der Waals surface area contributed by atoms with Crippen LogP contribution < -0.4 is 5.32 Å². The summed E-state index contributed by atoms with van der Waals surface area (Å²) in [5.74, 6) is 0.490. The highest BCUT2D eigenvalue weighted by Gasteiger charge is 2.24. The Balaban J connectivity index is 1.65. The molecular formula is C19H26N4O3. The largest absolute Gasteiger partial charge is 0.379 e. The number of pyridine rings is 1. The van der Waals surface area contributed by atoms with Crippen LogP contribution in [-0.4, -0.2) is 53.8 Å². The molecule has 1 aliphatic rings. The first-order chi connectivity index (χ1) is 12.6. The Morgan fingerprint density at radius 2 is 2.00 bits per heavy atom. The lowest BCUT2D eigenvalue weighted by Crippen LogP contribution is -2.43. The number of hydrogen-bond acceptors (Lipinski definition) is 6. The second kappa shape index (κ2) is 8.91. The Kier molecular flexibility index (Phi) is 6.35. The maximum atomic E-state index is 12.5. The van der Waals surface area contributed by atoms with Gasteiger partial charge in [-0.05, 0) is 30.0 Å². The van der Waals surface area contributed by atoms with Gasteiger partial charge in [0.1, 0.15) is 0 Å². The monoisotopic (exact) mass is 358 g/mol. The summed E-state index contributed by atoms with van der Waals surface area (Å²) in [5, 5.41) is 6.97. The summed E-state index contributed by atoms with van der Waals surface area (Å²) in [7, 11) is 0. The van der Waals surface area contributed by atoms with E-state index in [-0.39, 0.29) is 17.7 Å². The molecule has 1 fully saturated rings. The lowest BCUT2D eigenvalue weighted by Gasteiger charge is -2.34. The SMILES string of the molecule is CC(C)Cc1cc(C(=O)NCC(c2ccncc2)N2CCOCC2)on1. The van der Waals surface area contributed by atoms with Crippen LogP contribution in [-0.2, 0) is 11.2 Å². The van der Waals surface area contributed by atoms with Crippen LogP contribution >= 0.6 is 0 Å². The molecule has 7 nitrogen and oxygen atoms in total. The molecule has 1 saturated heterocycles. The van der Waals surface area contributed by atoms with E-state index >= 15 is 0 Å². The second-order valence-electron chi connectivity index (χ2n) is 6.94. The molecule has 3 rings (SSSR count). The van der Waals surface area contributed by atoms with Crippen molar-refractivity contribution in [2.75, 3.05) is 32.8 Å². The molecule has 0 saturated carbocycles. The third-order valence-corrected chi connectivity index (χ3v) is 4.43. The summed E-state index contributed by atoms with van der Waals surface area (Å²) in [6, 6.07) is 5.78. The van der Waals surface area contributed by atoms with Gasteiger partial charge >= 0.3 is 0 Å². The zero-order valence-electron chi connectivity index (χ0n) is 15.4. The summed E-state index contributed by atoms with van der Waals surface area (Å²) in [5.41, 5.74) is 1.93. The highest BCUT2D eigenvalue weighted by molar-refractivity contribution is 5.91. The normalized spacial score (nSPS) is 16.6. The van der Waals surface area contributed by atoms with Crippen LogP contribution in [0.15, 0.2) is 35.1 Å². The van der Waals surface area contributed by atoms with Crippen molar-refractivity contribution >= 4 is 5.91 Å². The number of morpholine rings is 1. The lowest BCUT2D eigenvalue weighted by atomic mass is 10.1. The van der Waals surface area contributed by atoms with E-state index in [4.69, 9.17) is 9.26 Å². The number of ether oxygens (including phenoxy) is 1. The zero-order valence-corrected chi connectivity index (χ0v) is 15.4. The topological polar surface area (TPSA) is 80.5 Å². The van der Waals surface area contributed by atoms with Crippen LogP contribution in [0.2, 0.25) is 0 Å². The molecule has 1 atom stereocenters. The van der Waals surface area contributed by atoms with Gasteiger partial charge < -0.3 is 14.6 Å². The molecule has 0 radical (unpaired) electrons. The van der Waals surface area contributed by atoms with Crippen molar-refractivity contribution in [2.24, 2.45) is 5.92 Å². The van der Waals surface area contributed by atoms with Crippen LogP contribution in [0.1, 0.15) is 41.7 Å². The average molecular weight is 358 g/mol. The fraction of sp³-hybridized carbons (Fsp3) is 0.526. The summed E-state index contributed by atoms with van der Waals surface area (Å²) in [6.07, 6.45) is 4.35. The van der Waals surface area contributed by atoms with Gasteiger partial charge in [-0.15, -0.1) is 0 Å². The molecule has 3 heterocycles. The first-order valence-electron chi connectivity index (χ1n) is 9.09. The van der Waals surface area contributed by atoms with Gasteiger partial charge in [-0.3, -0.25) is 14.7 Å². The number of rotatable bonds is 7. The minimum atomic E-state index is -0.236. The fourth-order valence-electron chi connectivity index (χ4n) is 3.14. The van der Waals surface area contributed by atoms with Gasteiger partial charge in [0.05, 0.1) is 24.9 Å². The quantitative estimate of drug-likeness (QED) is 0.816. The average Bonchev–Trinajstić information content (AvgIpc) is 3.11. The number of carbonyl (C=O) groups excluding carboxylic acids is 1. The number of nitrogens with one attached hydrogen (secondary N) is 1. The van der Waals surface area contributed by atoms with Crippen LogP contribution in [0.3, 0.4) is 0 Å². The Morgan fingerprint density at radius 1 is 1.27 bits per heavy atom. The van der Waals surface area contributed by atoms with Crippen molar-refractivity contribution in [3.8, 4) is 0 Å². The van der Waals surface area contributed by atoms with E-state index < -0.39 is 0 Å². The molecule has 1 N–H and O–H groups in total. The Bertz CT molecular complexity index is 696. The van der Waals surface area contributed by atoms with E-state index in [9.17, 15) is 4.79 Å². The van der Waals surface area contributed by atoms with Gasteiger partial charge in [0.15, 0.2) is 0 Å². The molecule has 1 unspecified atom stereocenters. The molecule has 140 valence electrons. The predicted molar refractivity (Wildman–Crippen MR) is 96.7 cm³/mol. The first kappa shape index (κ1) is 18.5. The molecule has 2 aromatic heterocycles. The Labute approximate surface area is 153 Å². The van der Waals surface area contributed by atoms with Gasteiger partial charge in [0.25, 0.3) is 5.91 Å². The second-order valence-corrected chi connectivity index (χ2v) is 6.94. The van der Waals surface area contributed by atoms with Crippen LogP contribution in [0, 0.1) is 5.92 Å². The number of aromatic nitrogens is 2. The number of hydrogen-bond donors (Lipinski definition) is 1. The maximum Gasteiger partial charge on any atom is 0.289 e. The van der Waals surface area contributed by atoms with E-state index in [0.29, 0.717) is 25.7 Å². The molecular weight excluding hydrogens is 332 g/mol. The maximum absolute atomic E-state index is 12.5. The Hall–Kier alpha value is -2.25. The van der Waals surface area contributed by atoms with Crippen LogP contribution in [0.5, 0.6) is 0 Å². The van der Waals surface area contributed by atoms with E-state index in [2.05, 4.69) is 34.2 Å². The van der Waals surface area contributed by atoms with Crippen molar-refractivity contribution in [1.82, 2.24) is 20.4 Å². The minimum Gasteiger partial charge on any atom is -0.379 e. The van der Waals surface area contributed by atoms with Crippen LogP contribution in [0.25, 0.3) is 0 Å². The van der Waals surface area contributed by atoms with E-state index in [0.717, 1.165) is 30.8 Å². The molecule has 26 heavy (non-hydrogen) atoms. The number of amides is 1. The molecule has 7 heteroatoms. The standard InChI is InChI=1S/C19H26N4O3/c1-14(2)11-16-12-18(26-22-16)19(24)21-13-17(15-3-5-20-6-4-15)23-7-9-25-10-8-23/h3-6,12,14,17H,7-11,13H2,1-2H3,(H,21,24). The van der Waals surface area contributed by atoms with Gasteiger partial charge in [0.2, 0.25) is 5.76 Å². The van der Waals surface area contributed by atoms with Gasteiger partial charge in [-0.2, -0.15) is 0 Å². The molecule has 1 amide bonds. The van der Waals surface area contributed by atoms with Crippen molar-refractivity contribution in [3.63, 3.8) is 0 Å². The summed E-state index contributed by atoms with van der Waals surface area (Å²) in [6.45, 7) is 7.79. The predicted octanol–water partition coefficient (Wildman–Crippen LogP) is 2.07. The van der Waals surface area contributed by atoms with E-state index in [1.54, 1.807) is 18.5 Å². The summed E-state index contributed by atoms with van der Waals surface area (Å²) < 4.78 is 10.7. The van der Waals surface area contributed by atoms with Gasteiger partial charge in [0, 0.05) is 38.1 Å². The molecule has 2 aromatic rings. The lowest BCUT2D eigenvalue weighted by molar-refractivity contribution is 0.0161. The van der Waals surface area contributed by atoms with Gasteiger partial charge in [-0.25, -0.2) is 0 Å². The summed E-state index contributed by atoms with van der Waals surface area (Å²) >= 11 is 0. The molecule has 0 spiro atoms. The van der Waals surface area contributed by atoms with E-state index in [1.807, 2.05) is 12.1 Å². The van der Waals surface area contributed by atoms with Crippen molar-refractivity contribution in [2.45, 2.75) is 26.3 Å². The molecule has 1 aliphatic heterocycles. The molecule has 0 aromatic carbocycles. The zero-order chi connectivity index (χ0) is 18.4. The molecule has 0 aliphatic carbocycles. The highest BCUT2D eigenvalue weighted by atomic mass is 16.5. The van der Waals surface area contributed by atoms with Gasteiger partial charge in [-0.1, -0.05) is 19.0 Å². The third-order valence-electron chi connectivity index (χ3n) is 4.43. The first-order valence-corrected chi connectivity index (χ1v) is 9.09. The summed E-state index contributed by atoms with van der Waals surface area (Å²) in [4.78, 5) is 18.9. The van der Waals surface area contributed by atoms with E-state index in [1.165, 1.54) is 0 Å².